The molecule has 3 aromatic carbocycles. The van der Waals surface area contributed by atoms with Crippen LogP contribution in [0.15, 0.2) is 82.4 Å². The molecule has 162 valence electrons. The van der Waals surface area contributed by atoms with Gasteiger partial charge in [-0.05, 0) is 60.7 Å². The van der Waals surface area contributed by atoms with Crippen molar-refractivity contribution in [3.8, 4) is 11.5 Å². The first-order valence-corrected chi connectivity index (χ1v) is 11.3. The molecule has 0 saturated carbocycles. The molecule has 0 aliphatic carbocycles. The van der Waals surface area contributed by atoms with E-state index in [1.165, 1.54) is 36.7 Å². The Morgan fingerprint density at radius 2 is 1.69 bits per heavy atom. The van der Waals surface area contributed by atoms with Gasteiger partial charge in [-0.1, -0.05) is 29.3 Å². The zero-order chi connectivity index (χ0) is 22.7. The largest absolute Gasteiger partial charge is 0.423 e. The van der Waals surface area contributed by atoms with E-state index in [0.717, 1.165) is 0 Å². The summed E-state index contributed by atoms with van der Waals surface area (Å²) in [7, 11) is -3.92. The van der Waals surface area contributed by atoms with E-state index >= 15 is 0 Å². The zero-order valence-electron chi connectivity index (χ0n) is 16.1. The molecular formula is C21H14Cl2N4O4S. The third kappa shape index (κ3) is 4.91. The van der Waals surface area contributed by atoms with Crippen LogP contribution in [-0.4, -0.2) is 24.5 Å². The predicted octanol–water partition coefficient (Wildman–Crippen LogP) is 5.10. The summed E-state index contributed by atoms with van der Waals surface area (Å²) in [5.41, 5.74) is 1.73. The van der Waals surface area contributed by atoms with Crippen LogP contribution in [0.5, 0.6) is 0 Å². The molecule has 0 spiro atoms. The Bertz CT molecular complexity index is 1380. The van der Waals surface area contributed by atoms with E-state index in [-0.39, 0.29) is 26.2 Å². The highest BCUT2D eigenvalue weighted by Gasteiger charge is 2.17. The molecule has 32 heavy (non-hydrogen) atoms. The van der Waals surface area contributed by atoms with Crippen molar-refractivity contribution < 1.29 is 17.6 Å². The van der Waals surface area contributed by atoms with Gasteiger partial charge in [0.1, 0.15) is 0 Å². The van der Waals surface area contributed by atoms with Crippen LogP contribution in [0, 0.1) is 0 Å². The van der Waals surface area contributed by atoms with Crippen LogP contribution in [0.2, 0.25) is 10.0 Å². The van der Waals surface area contributed by atoms with Crippen molar-refractivity contribution in [2.75, 3.05) is 10.0 Å². The smallest absolute Gasteiger partial charge is 0.261 e. The van der Waals surface area contributed by atoms with Crippen LogP contribution in [0.1, 0.15) is 10.4 Å². The minimum absolute atomic E-state index is 0.0527. The number of hydrogen-bond donors (Lipinski definition) is 2. The lowest BCUT2D eigenvalue weighted by Crippen LogP contribution is -2.15. The Kier molecular flexibility index (Phi) is 6.13. The molecule has 1 amide bonds. The van der Waals surface area contributed by atoms with Gasteiger partial charge < -0.3 is 9.73 Å². The Balaban J connectivity index is 1.48. The van der Waals surface area contributed by atoms with Crippen LogP contribution in [0.4, 0.5) is 11.4 Å². The summed E-state index contributed by atoms with van der Waals surface area (Å²) in [6.45, 7) is 0. The van der Waals surface area contributed by atoms with E-state index < -0.39 is 15.9 Å². The number of benzene rings is 3. The molecule has 4 rings (SSSR count). The first kappa shape index (κ1) is 21.8. The first-order valence-electron chi connectivity index (χ1n) is 9.08. The summed E-state index contributed by atoms with van der Waals surface area (Å²) >= 11 is 11.8. The second-order valence-electron chi connectivity index (χ2n) is 6.54. The number of carbonyl (C=O) groups excluding carboxylic acids is 1. The molecule has 0 radical (unpaired) electrons. The summed E-state index contributed by atoms with van der Waals surface area (Å²) in [5, 5.41) is 10.6. The highest BCUT2D eigenvalue weighted by Crippen LogP contribution is 2.26. The van der Waals surface area contributed by atoms with Gasteiger partial charge in [-0.25, -0.2) is 8.42 Å². The molecule has 0 fully saturated rings. The van der Waals surface area contributed by atoms with Gasteiger partial charge in [0.15, 0.2) is 0 Å². The van der Waals surface area contributed by atoms with Crippen LogP contribution in [0.3, 0.4) is 0 Å². The maximum absolute atomic E-state index is 12.6. The van der Waals surface area contributed by atoms with E-state index in [1.807, 2.05) is 0 Å². The number of anilines is 2. The van der Waals surface area contributed by atoms with E-state index in [9.17, 15) is 13.2 Å². The second-order valence-corrected chi connectivity index (χ2v) is 9.03. The number of carbonyl (C=O) groups is 1. The first-order chi connectivity index (χ1) is 15.3. The lowest BCUT2D eigenvalue weighted by Gasteiger charge is -2.11. The molecule has 0 aliphatic heterocycles. The van der Waals surface area contributed by atoms with Gasteiger partial charge in [0.25, 0.3) is 15.9 Å². The number of aromatic nitrogens is 2. The quantitative estimate of drug-likeness (QED) is 0.390. The van der Waals surface area contributed by atoms with Gasteiger partial charge in [0.05, 0.1) is 14.9 Å². The number of nitrogens with one attached hydrogen (secondary N) is 2. The van der Waals surface area contributed by atoms with Crippen molar-refractivity contribution in [1.29, 1.82) is 0 Å². The molecule has 11 heteroatoms. The molecule has 0 atom stereocenters. The standard InChI is InChI=1S/C21H14Cl2N4O4S/c22-18-9-8-17(11-19(18)23)32(29,30)27-16-3-1-2-14(10-16)20(28)25-15-6-4-13(5-7-15)21-26-24-12-31-21/h1-12,27H,(H,25,28). The molecule has 1 heterocycles. The molecule has 0 aliphatic rings. The SMILES string of the molecule is O=C(Nc1ccc(-c2nnco2)cc1)c1cccc(NS(=O)(=O)c2ccc(Cl)c(Cl)c2)c1. The minimum atomic E-state index is -3.92. The Morgan fingerprint density at radius 3 is 2.38 bits per heavy atom. The summed E-state index contributed by atoms with van der Waals surface area (Å²) in [5.74, 6) is -0.0454. The van der Waals surface area contributed by atoms with Crippen LogP contribution in [0.25, 0.3) is 11.5 Å². The van der Waals surface area contributed by atoms with Crippen molar-refractivity contribution in [3.05, 3.63) is 88.7 Å². The van der Waals surface area contributed by atoms with Gasteiger partial charge in [0.2, 0.25) is 12.3 Å². The second kappa shape index (κ2) is 8.99. The minimum Gasteiger partial charge on any atom is -0.423 e. The molecule has 0 saturated heterocycles. The summed E-state index contributed by atoms with van der Waals surface area (Å²) in [6, 6.07) is 16.9. The highest BCUT2D eigenvalue weighted by atomic mass is 35.5. The molecule has 0 unspecified atom stereocenters. The molecule has 8 nitrogen and oxygen atoms in total. The fraction of sp³-hybridized carbons (Fsp3) is 0. The van der Waals surface area contributed by atoms with Crippen molar-refractivity contribution in [2.45, 2.75) is 4.90 Å². The van der Waals surface area contributed by atoms with Gasteiger partial charge in [-0.3, -0.25) is 9.52 Å². The maximum Gasteiger partial charge on any atom is 0.261 e. The van der Waals surface area contributed by atoms with Crippen LogP contribution in [-0.2, 0) is 10.0 Å². The third-order valence-corrected chi connectivity index (χ3v) is 6.45. The van der Waals surface area contributed by atoms with Gasteiger partial charge in [0, 0.05) is 22.5 Å². The number of hydrogen-bond acceptors (Lipinski definition) is 6. The van der Waals surface area contributed by atoms with Gasteiger partial charge >= 0.3 is 0 Å². The average Bonchev–Trinajstić information content (AvgIpc) is 3.31. The van der Waals surface area contributed by atoms with E-state index in [0.29, 0.717) is 17.1 Å². The van der Waals surface area contributed by atoms with Crippen LogP contribution >= 0.6 is 23.2 Å². The summed E-state index contributed by atoms with van der Waals surface area (Å²) < 4.78 is 32.8. The number of rotatable bonds is 6. The number of nitrogens with zero attached hydrogens (tertiary/aromatic N) is 2. The molecule has 0 bridgehead atoms. The Morgan fingerprint density at radius 1 is 0.906 bits per heavy atom. The van der Waals surface area contributed by atoms with Crippen LogP contribution < -0.4 is 10.0 Å². The Labute approximate surface area is 193 Å². The average molecular weight is 489 g/mol. The van der Waals surface area contributed by atoms with E-state index in [2.05, 4.69) is 20.2 Å². The topological polar surface area (TPSA) is 114 Å². The van der Waals surface area contributed by atoms with Crippen molar-refractivity contribution in [2.24, 2.45) is 0 Å². The third-order valence-electron chi connectivity index (χ3n) is 4.33. The molecule has 2 N–H and O–H groups in total. The lowest BCUT2D eigenvalue weighted by molar-refractivity contribution is 0.102. The van der Waals surface area contributed by atoms with Crippen molar-refractivity contribution in [1.82, 2.24) is 10.2 Å². The summed E-state index contributed by atoms with van der Waals surface area (Å²) in [6.07, 6.45) is 1.23. The van der Waals surface area contributed by atoms with Crippen molar-refractivity contribution in [3.63, 3.8) is 0 Å². The molecule has 4 aromatic rings. The normalized spacial score (nSPS) is 11.2. The number of amides is 1. The Hall–Kier alpha value is -3.40. The highest BCUT2D eigenvalue weighted by molar-refractivity contribution is 7.92. The fourth-order valence-corrected chi connectivity index (χ4v) is 4.22. The number of sulfonamides is 1. The zero-order valence-corrected chi connectivity index (χ0v) is 18.4. The van der Waals surface area contributed by atoms with Gasteiger partial charge in [-0.2, -0.15) is 0 Å². The molecular weight excluding hydrogens is 475 g/mol. The fourth-order valence-electron chi connectivity index (χ4n) is 2.78. The van der Waals surface area contributed by atoms with Crippen molar-refractivity contribution >= 4 is 50.5 Å². The predicted molar refractivity (Wildman–Crippen MR) is 121 cm³/mol. The molecule has 1 aromatic heterocycles. The van der Waals surface area contributed by atoms with Gasteiger partial charge in [-0.15, -0.1) is 10.2 Å². The maximum atomic E-state index is 12.6. The summed E-state index contributed by atoms with van der Waals surface area (Å²) in [4.78, 5) is 12.6. The van der Waals surface area contributed by atoms with E-state index in [1.54, 1.807) is 36.4 Å². The monoisotopic (exact) mass is 488 g/mol. The van der Waals surface area contributed by atoms with E-state index in [4.69, 9.17) is 27.6 Å². The number of halogens is 2. The lowest BCUT2D eigenvalue weighted by atomic mass is 10.1.